The second-order valence-electron chi connectivity index (χ2n) is 7.06. The average molecular weight is 530 g/mol. The van der Waals surface area contributed by atoms with E-state index in [-0.39, 0.29) is 36.2 Å². The lowest BCUT2D eigenvalue weighted by Crippen LogP contribution is -2.45. The molecule has 0 radical (unpaired) electrons. The third kappa shape index (κ3) is 7.01. The van der Waals surface area contributed by atoms with Crippen LogP contribution in [0.3, 0.4) is 0 Å². The summed E-state index contributed by atoms with van der Waals surface area (Å²) < 4.78 is 5.79. The maximum Gasteiger partial charge on any atom is 0.191 e. The molecule has 0 aliphatic carbocycles. The van der Waals surface area contributed by atoms with Gasteiger partial charge in [-0.1, -0.05) is 35.9 Å². The number of benzene rings is 1. The first kappa shape index (κ1) is 23.7. The molecule has 3 rings (SSSR count). The van der Waals surface area contributed by atoms with Gasteiger partial charge in [-0.2, -0.15) is 0 Å². The molecule has 1 aliphatic rings. The van der Waals surface area contributed by atoms with E-state index in [9.17, 15) is 0 Å². The number of aliphatic imine (C=N–C) groups is 1. The number of morpholine rings is 1. The fourth-order valence-corrected chi connectivity index (χ4v) is 3.50. The Hall–Kier alpha value is -1.58. The third-order valence-corrected chi connectivity index (χ3v) is 5.01. The van der Waals surface area contributed by atoms with Crippen molar-refractivity contribution in [2.24, 2.45) is 4.99 Å². The maximum atomic E-state index is 6.20. The molecule has 2 N–H and O–H groups in total. The number of aromatic nitrogens is 1. The largest absolute Gasteiger partial charge is 0.372 e. The van der Waals surface area contributed by atoms with E-state index in [0.717, 1.165) is 41.0 Å². The Balaban J connectivity index is 0.00000300. The molecule has 2 heterocycles. The van der Waals surface area contributed by atoms with Crippen LogP contribution >= 0.6 is 35.6 Å². The van der Waals surface area contributed by atoms with E-state index < -0.39 is 0 Å². The normalized spacial score (nSPS) is 19.4. The number of guanidine groups is 1. The number of nitrogens with zero attached hydrogens (tertiary/aromatic N) is 3. The van der Waals surface area contributed by atoms with E-state index in [2.05, 4.69) is 51.5 Å². The van der Waals surface area contributed by atoms with E-state index >= 15 is 0 Å². The van der Waals surface area contributed by atoms with Crippen molar-refractivity contribution < 1.29 is 4.74 Å². The standard InChI is InChI=1S/C21H28ClN5O.HI/c1-15-13-27(14-16(2)28-15)20-9-8-17(10-24-20)11-25-21(23-3)26-12-18-6-4-5-7-19(18)22;/h4-10,15-16H,11-14H2,1-3H3,(H2,23,25,26);1H. The van der Waals surface area contributed by atoms with Crippen LogP contribution in [0, 0.1) is 0 Å². The highest BCUT2D eigenvalue weighted by Gasteiger charge is 2.22. The van der Waals surface area contributed by atoms with E-state index in [1.165, 1.54) is 0 Å². The van der Waals surface area contributed by atoms with E-state index in [1.807, 2.05) is 30.5 Å². The van der Waals surface area contributed by atoms with Crippen LogP contribution in [0.4, 0.5) is 5.82 Å². The Labute approximate surface area is 195 Å². The predicted octanol–water partition coefficient (Wildman–Crippen LogP) is 3.83. The van der Waals surface area contributed by atoms with Crippen LogP contribution in [0.25, 0.3) is 0 Å². The average Bonchev–Trinajstić information content (AvgIpc) is 2.69. The van der Waals surface area contributed by atoms with E-state index in [4.69, 9.17) is 16.3 Å². The van der Waals surface area contributed by atoms with E-state index in [0.29, 0.717) is 13.1 Å². The van der Waals surface area contributed by atoms with Gasteiger partial charge < -0.3 is 20.3 Å². The van der Waals surface area contributed by atoms with Crippen molar-refractivity contribution in [1.29, 1.82) is 0 Å². The molecule has 1 saturated heterocycles. The highest BCUT2D eigenvalue weighted by molar-refractivity contribution is 14.0. The molecule has 2 atom stereocenters. The molecule has 1 aromatic carbocycles. The number of pyridine rings is 1. The van der Waals surface area contributed by atoms with Gasteiger partial charge >= 0.3 is 0 Å². The fraction of sp³-hybridized carbons (Fsp3) is 0.429. The van der Waals surface area contributed by atoms with Gasteiger partial charge in [0.2, 0.25) is 0 Å². The lowest BCUT2D eigenvalue weighted by Gasteiger charge is -2.36. The Kier molecular flexibility index (Phi) is 9.45. The highest BCUT2D eigenvalue weighted by atomic mass is 127. The van der Waals surface area contributed by atoms with Gasteiger partial charge in [0, 0.05) is 44.4 Å². The summed E-state index contributed by atoms with van der Waals surface area (Å²) in [6, 6.07) is 12.0. The number of halogens is 2. The zero-order chi connectivity index (χ0) is 19.9. The molecule has 0 spiro atoms. The van der Waals surface area contributed by atoms with Gasteiger partial charge in [0.15, 0.2) is 5.96 Å². The topological polar surface area (TPSA) is 61.8 Å². The molecule has 2 aromatic rings. The monoisotopic (exact) mass is 529 g/mol. The van der Waals surface area contributed by atoms with Crippen LogP contribution in [0.1, 0.15) is 25.0 Å². The van der Waals surface area contributed by atoms with Crippen LogP contribution in [0.15, 0.2) is 47.6 Å². The molecule has 8 heteroatoms. The van der Waals surface area contributed by atoms with Crippen LogP contribution in [0.5, 0.6) is 0 Å². The fourth-order valence-electron chi connectivity index (χ4n) is 3.30. The minimum atomic E-state index is 0. The number of anilines is 1. The molecule has 158 valence electrons. The number of nitrogens with one attached hydrogen (secondary N) is 2. The van der Waals surface area contributed by atoms with Gasteiger partial charge in [0.05, 0.1) is 12.2 Å². The quantitative estimate of drug-likeness (QED) is 0.350. The summed E-state index contributed by atoms with van der Waals surface area (Å²) in [4.78, 5) is 11.2. The van der Waals surface area contributed by atoms with Crippen LogP contribution < -0.4 is 15.5 Å². The van der Waals surface area contributed by atoms with Crippen molar-refractivity contribution in [1.82, 2.24) is 15.6 Å². The van der Waals surface area contributed by atoms with Crippen molar-refractivity contribution in [3.8, 4) is 0 Å². The first-order valence-corrected chi connectivity index (χ1v) is 9.96. The molecule has 6 nitrogen and oxygen atoms in total. The molecule has 0 bridgehead atoms. The summed E-state index contributed by atoms with van der Waals surface area (Å²) in [5.74, 6) is 1.71. The zero-order valence-corrected chi connectivity index (χ0v) is 20.1. The molecule has 1 aliphatic heterocycles. The van der Waals surface area contributed by atoms with Crippen LogP contribution in [-0.2, 0) is 17.8 Å². The second-order valence-corrected chi connectivity index (χ2v) is 7.46. The Bertz CT molecular complexity index is 792. The summed E-state index contributed by atoms with van der Waals surface area (Å²) >= 11 is 6.20. The van der Waals surface area contributed by atoms with Crippen molar-refractivity contribution >= 4 is 47.4 Å². The minimum Gasteiger partial charge on any atom is -0.372 e. The molecule has 2 unspecified atom stereocenters. The maximum absolute atomic E-state index is 6.20. The first-order chi connectivity index (χ1) is 13.5. The molecule has 0 saturated carbocycles. The number of hydrogen-bond donors (Lipinski definition) is 2. The number of ether oxygens (including phenoxy) is 1. The third-order valence-electron chi connectivity index (χ3n) is 4.64. The molecule has 29 heavy (non-hydrogen) atoms. The molecular weight excluding hydrogens is 501 g/mol. The second kappa shape index (κ2) is 11.6. The van der Waals surface area contributed by atoms with Crippen LogP contribution in [0.2, 0.25) is 5.02 Å². The number of hydrogen-bond acceptors (Lipinski definition) is 4. The highest BCUT2D eigenvalue weighted by Crippen LogP contribution is 2.18. The smallest absolute Gasteiger partial charge is 0.191 e. The number of rotatable bonds is 5. The van der Waals surface area contributed by atoms with Gasteiger partial charge in [-0.25, -0.2) is 4.98 Å². The molecule has 0 amide bonds. The van der Waals surface area contributed by atoms with Gasteiger partial charge in [-0.3, -0.25) is 4.99 Å². The first-order valence-electron chi connectivity index (χ1n) is 9.58. The van der Waals surface area contributed by atoms with Gasteiger partial charge in [0.25, 0.3) is 0 Å². The summed E-state index contributed by atoms with van der Waals surface area (Å²) in [7, 11) is 1.75. The summed E-state index contributed by atoms with van der Waals surface area (Å²) in [5.41, 5.74) is 2.13. The molecule has 1 fully saturated rings. The zero-order valence-electron chi connectivity index (χ0n) is 17.1. The van der Waals surface area contributed by atoms with Crippen LogP contribution in [-0.4, -0.2) is 43.3 Å². The summed E-state index contributed by atoms with van der Waals surface area (Å²) in [6.45, 7) is 7.20. The van der Waals surface area contributed by atoms with Crippen molar-refractivity contribution in [2.45, 2.75) is 39.1 Å². The summed E-state index contributed by atoms with van der Waals surface area (Å²) in [5, 5.41) is 7.34. The van der Waals surface area contributed by atoms with Gasteiger partial charge in [-0.15, -0.1) is 24.0 Å². The molecule has 1 aromatic heterocycles. The minimum absolute atomic E-state index is 0. The van der Waals surface area contributed by atoms with Crippen molar-refractivity contribution in [2.75, 3.05) is 25.0 Å². The van der Waals surface area contributed by atoms with Crippen molar-refractivity contribution in [3.05, 3.63) is 58.7 Å². The lowest BCUT2D eigenvalue weighted by atomic mass is 10.2. The van der Waals surface area contributed by atoms with Crippen molar-refractivity contribution in [3.63, 3.8) is 0 Å². The summed E-state index contributed by atoms with van der Waals surface area (Å²) in [6.07, 6.45) is 2.35. The Morgan fingerprint density at radius 3 is 2.45 bits per heavy atom. The molecular formula is C21H29ClIN5O. The SMILES string of the molecule is CN=C(NCc1ccc(N2CC(C)OC(C)C2)nc1)NCc1ccccc1Cl.I. The Morgan fingerprint density at radius 2 is 1.83 bits per heavy atom. The van der Waals surface area contributed by atoms with Gasteiger partial charge in [-0.05, 0) is 37.1 Å². The predicted molar refractivity (Wildman–Crippen MR) is 130 cm³/mol. The lowest BCUT2D eigenvalue weighted by molar-refractivity contribution is -0.00545. The Morgan fingerprint density at radius 1 is 1.14 bits per heavy atom. The van der Waals surface area contributed by atoms with Gasteiger partial charge in [0.1, 0.15) is 5.82 Å². The van der Waals surface area contributed by atoms with E-state index in [1.54, 1.807) is 7.05 Å².